The summed E-state index contributed by atoms with van der Waals surface area (Å²) in [7, 11) is 0. The fourth-order valence-electron chi connectivity index (χ4n) is 1.88. The molecule has 0 spiro atoms. The molecule has 2 aromatic rings. The van der Waals surface area contributed by atoms with Gasteiger partial charge in [-0.1, -0.05) is 12.1 Å². The van der Waals surface area contributed by atoms with Crippen molar-refractivity contribution >= 4 is 5.69 Å². The first-order valence-corrected chi connectivity index (χ1v) is 5.93. The van der Waals surface area contributed by atoms with E-state index in [4.69, 9.17) is 0 Å². The van der Waals surface area contributed by atoms with Crippen LogP contribution in [-0.4, -0.2) is 20.1 Å². The Kier molecular flexibility index (Phi) is 3.86. The van der Waals surface area contributed by atoms with Crippen LogP contribution in [0, 0.1) is 10.1 Å². The number of aromatic amines is 1. The molecule has 0 aliphatic heterocycles. The number of non-ortho nitro benzene ring substituents is 1. The molecule has 1 aromatic carbocycles. The Morgan fingerprint density at radius 3 is 2.79 bits per heavy atom. The van der Waals surface area contributed by atoms with Crippen LogP contribution < -0.4 is 5.32 Å². The van der Waals surface area contributed by atoms with Crippen molar-refractivity contribution < 1.29 is 4.92 Å². The predicted molar refractivity (Wildman–Crippen MR) is 69.4 cm³/mol. The zero-order chi connectivity index (χ0) is 13.8. The first-order chi connectivity index (χ1) is 9.08. The first-order valence-electron chi connectivity index (χ1n) is 5.93. The minimum absolute atomic E-state index is 0.0169. The van der Waals surface area contributed by atoms with Gasteiger partial charge in [0.05, 0.1) is 11.0 Å². The van der Waals surface area contributed by atoms with Crippen molar-refractivity contribution in [2.75, 3.05) is 0 Å². The highest BCUT2D eigenvalue weighted by Gasteiger charge is 2.15. The van der Waals surface area contributed by atoms with E-state index in [1.165, 1.54) is 12.4 Å². The van der Waals surface area contributed by atoms with E-state index >= 15 is 0 Å². The lowest BCUT2D eigenvalue weighted by Gasteiger charge is -2.18. The second-order valence-electron chi connectivity index (χ2n) is 4.33. The van der Waals surface area contributed by atoms with E-state index in [0.29, 0.717) is 0 Å². The van der Waals surface area contributed by atoms with Gasteiger partial charge in [-0.15, -0.1) is 0 Å². The van der Waals surface area contributed by atoms with Crippen LogP contribution in [0.1, 0.15) is 37.3 Å². The number of nitro benzene ring substituents is 1. The molecule has 2 unspecified atom stereocenters. The molecule has 0 fully saturated rings. The third-order valence-corrected chi connectivity index (χ3v) is 2.92. The van der Waals surface area contributed by atoms with Crippen molar-refractivity contribution in [3.05, 3.63) is 52.1 Å². The number of nitrogens with zero attached hydrogens (tertiary/aromatic N) is 3. The van der Waals surface area contributed by atoms with Crippen molar-refractivity contribution in [3.63, 3.8) is 0 Å². The topological polar surface area (TPSA) is 96.7 Å². The van der Waals surface area contributed by atoms with Crippen molar-refractivity contribution in [2.45, 2.75) is 25.9 Å². The zero-order valence-electron chi connectivity index (χ0n) is 10.7. The van der Waals surface area contributed by atoms with Gasteiger partial charge in [-0.25, -0.2) is 4.98 Å². The second-order valence-corrected chi connectivity index (χ2v) is 4.33. The highest BCUT2D eigenvalue weighted by Crippen LogP contribution is 2.21. The predicted octanol–water partition coefficient (Wildman–Crippen LogP) is 2.12. The number of nitro groups is 1. The molecule has 1 heterocycles. The van der Waals surface area contributed by atoms with Gasteiger partial charge in [0.25, 0.3) is 5.69 Å². The summed E-state index contributed by atoms with van der Waals surface area (Å²) in [5, 5.41) is 20.6. The van der Waals surface area contributed by atoms with Crippen LogP contribution in [0.5, 0.6) is 0 Å². The number of aromatic nitrogens is 3. The summed E-state index contributed by atoms with van der Waals surface area (Å²) in [6.07, 6.45) is 1.45. The first kappa shape index (κ1) is 13.2. The van der Waals surface area contributed by atoms with Gasteiger partial charge in [0.2, 0.25) is 0 Å². The maximum atomic E-state index is 10.7. The minimum atomic E-state index is -0.393. The van der Waals surface area contributed by atoms with Gasteiger partial charge < -0.3 is 5.32 Å². The number of benzene rings is 1. The highest BCUT2D eigenvalue weighted by atomic mass is 16.6. The molecule has 0 aliphatic carbocycles. The van der Waals surface area contributed by atoms with Gasteiger partial charge in [-0.3, -0.25) is 15.2 Å². The maximum Gasteiger partial charge on any atom is 0.269 e. The molecule has 100 valence electrons. The Morgan fingerprint density at radius 2 is 2.16 bits per heavy atom. The quantitative estimate of drug-likeness (QED) is 0.634. The number of nitrogens with one attached hydrogen (secondary N) is 2. The van der Waals surface area contributed by atoms with Gasteiger partial charge in [-0.2, -0.15) is 5.10 Å². The Bertz CT molecular complexity index is 555. The molecule has 2 atom stereocenters. The van der Waals surface area contributed by atoms with E-state index in [1.807, 2.05) is 19.9 Å². The molecule has 1 aromatic heterocycles. The fraction of sp³-hybridized carbons (Fsp3) is 0.333. The van der Waals surface area contributed by atoms with Gasteiger partial charge in [-0.05, 0) is 19.4 Å². The standard InChI is InChI=1S/C12H15N5O2/c1-8(15-9(2)12-13-7-14-16-12)10-4-3-5-11(6-10)17(18)19/h3-9,15H,1-2H3,(H,13,14,16). The third kappa shape index (κ3) is 3.14. The van der Waals surface area contributed by atoms with E-state index in [1.54, 1.807) is 12.1 Å². The summed E-state index contributed by atoms with van der Waals surface area (Å²) in [6.45, 7) is 3.90. The van der Waals surface area contributed by atoms with E-state index in [0.717, 1.165) is 11.4 Å². The van der Waals surface area contributed by atoms with Crippen LogP contribution in [0.15, 0.2) is 30.6 Å². The average Bonchev–Trinajstić information content (AvgIpc) is 2.92. The smallest absolute Gasteiger partial charge is 0.269 e. The molecule has 0 amide bonds. The van der Waals surface area contributed by atoms with E-state index in [9.17, 15) is 10.1 Å². The summed E-state index contributed by atoms with van der Waals surface area (Å²) in [6, 6.07) is 6.56. The number of rotatable bonds is 5. The van der Waals surface area contributed by atoms with Gasteiger partial charge >= 0.3 is 0 Å². The van der Waals surface area contributed by atoms with Gasteiger partial charge in [0.1, 0.15) is 12.2 Å². The minimum Gasteiger partial charge on any atom is -0.301 e. The van der Waals surface area contributed by atoms with Crippen molar-refractivity contribution in [1.29, 1.82) is 0 Å². The third-order valence-electron chi connectivity index (χ3n) is 2.92. The van der Waals surface area contributed by atoms with Crippen molar-refractivity contribution in [2.24, 2.45) is 0 Å². The summed E-state index contributed by atoms with van der Waals surface area (Å²) < 4.78 is 0. The molecule has 0 saturated heterocycles. The van der Waals surface area contributed by atoms with Crippen LogP contribution in [0.4, 0.5) is 5.69 Å². The molecule has 7 heteroatoms. The molecule has 7 nitrogen and oxygen atoms in total. The highest BCUT2D eigenvalue weighted by molar-refractivity contribution is 5.35. The van der Waals surface area contributed by atoms with Gasteiger partial charge in [0, 0.05) is 18.2 Å². The zero-order valence-corrected chi connectivity index (χ0v) is 10.7. The molecular weight excluding hydrogens is 246 g/mol. The Balaban J connectivity index is 2.09. The van der Waals surface area contributed by atoms with Crippen molar-refractivity contribution in [3.8, 4) is 0 Å². The Morgan fingerprint density at radius 1 is 1.37 bits per heavy atom. The van der Waals surface area contributed by atoms with Crippen LogP contribution in [0.3, 0.4) is 0 Å². The molecular formula is C12H15N5O2. The monoisotopic (exact) mass is 261 g/mol. The fourth-order valence-corrected chi connectivity index (χ4v) is 1.88. The SMILES string of the molecule is CC(NC(C)c1ncn[nH]1)c1cccc([N+](=O)[O-])c1. The van der Waals surface area contributed by atoms with E-state index in [-0.39, 0.29) is 17.8 Å². The lowest BCUT2D eigenvalue weighted by atomic mass is 10.1. The summed E-state index contributed by atoms with van der Waals surface area (Å²) in [4.78, 5) is 14.4. The molecule has 0 bridgehead atoms. The number of H-pyrrole nitrogens is 1. The second kappa shape index (κ2) is 5.57. The Labute approximate surface area is 110 Å². The largest absolute Gasteiger partial charge is 0.301 e. The molecule has 2 rings (SSSR count). The number of hydrogen-bond acceptors (Lipinski definition) is 5. The molecule has 2 N–H and O–H groups in total. The maximum absolute atomic E-state index is 10.7. The van der Waals surface area contributed by atoms with Crippen LogP contribution >= 0.6 is 0 Å². The lowest BCUT2D eigenvalue weighted by Crippen LogP contribution is -2.23. The average molecular weight is 261 g/mol. The normalized spacial score (nSPS) is 14.0. The summed E-state index contributed by atoms with van der Waals surface area (Å²) >= 11 is 0. The molecule has 0 saturated carbocycles. The lowest BCUT2D eigenvalue weighted by molar-refractivity contribution is -0.384. The molecule has 0 aliphatic rings. The number of hydrogen-bond donors (Lipinski definition) is 2. The van der Waals surface area contributed by atoms with Crippen LogP contribution in [0.2, 0.25) is 0 Å². The van der Waals surface area contributed by atoms with E-state index < -0.39 is 4.92 Å². The molecule has 0 radical (unpaired) electrons. The summed E-state index contributed by atoms with van der Waals surface area (Å²) in [5.41, 5.74) is 0.957. The Hall–Kier alpha value is -2.28. The molecule has 19 heavy (non-hydrogen) atoms. The van der Waals surface area contributed by atoms with Crippen molar-refractivity contribution in [1.82, 2.24) is 20.5 Å². The van der Waals surface area contributed by atoms with E-state index in [2.05, 4.69) is 20.5 Å². The summed E-state index contributed by atoms with van der Waals surface area (Å²) in [5.74, 6) is 0.734. The van der Waals surface area contributed by atoms with Crippen LogP contribution in [0.25, 0.3) is 0 Å². The van der Waals surface area contributed by atoms with Gasteiger partial charge in [0.15, 0.2) is 0 Å². The van der Waals surface area contributed by atoms with Crippen LogP contribution in [-0.2, 0) is 0 Å².